The number of nitrogens with zero attached hydrogens (tertiary/aromatic N) is 5. The summed E-state index contributed by atoms with van der Waals surface area (Å²) in [6.45, 7) is 0. The van der Waals surface area contributed by atoms with Gasteiger partial charge in [-0.2, -0.15) is 0 Å². The first-order valence-corrected chi connectivity index (χ1v) is 18.5. The molecule has 0 radical (unpaired) electrons. The number of para-hydroxylation sites is 5. The monoisotopic (exact) mass is 691 g/mol. The van der Waals surface area contributed by atoms with Crippen molar-refractivity contribution in [2.24, 2.45) is 0 Å². The van der Waals surface area contributed by atoms with Gasteiger partial charge in [-0.05, 0) is 109 Å². The van der Waals surface area contributed by atoms with Gasteiger partial charge in [-0.15, -0.1) is 10.2 Å². The Morgan fingerprint density at radius 1 is 0.314 bits per heavy atom. The van der Waals surface area contributed by atoms with Crippen molar-refractivity contribution in [1.29, 1.82) is 0 Å². The van der Waals surface area contributed by atoms with E-state index in [0.717, 1.165) is 39.8 Å². The number of hydrogen-bond acceptors (Lipinski definition) is 6. The number of anilines is 6. The van der Waals surface area contributed by atoms with Crippen LogP contribution in [0.15, 0.2) is 196 Å². The molecule has 1 aromatic heterocycles. The van der Waals surface area contributed by atoms with Gasteiger partial charge < -0.3 is 9.80 Å². The number of rotatable bonds is 5. The van der Waals surface area contributed by atoms with Crippen LogP contribution in [0.5, 0.6) is 0 Å². The minimum atomic E-state index is 0.790. The molecule has 0 bridgehead atoms. The van der Waals surface area contributed by atoms with E-state index in [1.165, 1.54) is 42.3 Å². The Labute approximate surface area is 304 Å². The first-order valence-electron chi connectivity index (χ1n) is 16.8. The first-order chi connectivity index (χ1) is 25.3. The zero-order valence-electron chi connectivity index (χ0n) is 27.3. The zero-order chi connectivity index (χ0) is 33.7. The second-order valence-corrected chi connectivity index (χ2v) is 14.5. The summed E-state index contributed by atoms with van der Waals surface area (Å²) >= 11 is 3.63. The molecule has 10 rings (SSSR count). The zero-order valence-corrected chi connectivity index (χ0v) is 28.9. The van der Waals surface area contributed by atoms with E-state index in [2.05, 4.69) is 184 Å². The van der Waals surface area contributed by atoms with Gasteiger partial charge in [0.25, 0.3) is 0 Å². The molecule has 7 heteroatoms. The molecule has 5 nitrogen and oxygen atoms in total. The van der Waals surface area contributed by atoms with Crippen molar-refractivity contribution in [3.63, 3.8) is 0 Å². The fourth-order valence-corrected chi connectivity index (χ4v) is 9.08. The van der Waals surface area contributed by atoms with E-state index in [9.17, 15) is 0 Å². The van der Waals surface area contributed by atoms with Gasteiger partial charge in [0.1, 0.15) is 0 Å². The average molecular weight is 692 g/mol. The van der Waals surface area contributed by atoms with Crippen LogP contribution >= 0.6 is 23.5 Å². The second-order valence-electron chi connectivity index (χ2n) is 12.4. The van der Waals surface area contributed by atoms with Crippen LogP contribution in [-0.4, -0.2) is 14.8 Å². The lowest BCUT2D eigenvalue weighted by Gasteiger charge is -2.32. The Kier molecular flexibility index (Phi) is 7.25. The van der Waals surface area contributed by atoms with Gasteiger partial charge in [0, 0.05) is 47.8 Å². The summed E-state index contributed by atoms with van der Waals surface area (Å²) in [4.78, 5) is 9.66. The topological polar surface area (TPSA) is 37.2 Å². The van der Waals surface area contributed by atoms with Crippen molar-refractivity contribution in [3.8, 4) is 28.5 Å². The Hall–Kier alpha value is -6.02. The Morgan fingerprint density at radius 3 is 1.02 bits per heavy atom. The summed E-state index contributed by atoms with van der Waals surface area (Å²) in [5.41, 5.74) is 9.91. The maximum absolute atomic E-state index is 4.81. The van der Waals surface area contributed by atoms with Crippen molar-refractivity contribution in [2.75, 3.05) is 9.80 Å². The summed E-state index contributed by atoms with van der Waals surface area (Å²) in [6.07, 6.45) is 0. The van der Waals surface area contributed by atoms with E-state index in [-0.39, 0.29) is 0 Å². The molecule has 0 amide bonds. The average Bonchev–Trinajstić information content (AvgIpc) is 3.65. The molecule has 0 unspecified atom stereocenters. The van der Waals surface area contributed by atoms with E-state index < -0.39 is 0 Å². The minimum absolute atomic E-state index is 0.790. The van der Waals surface area contributed by atoms with Crippen LogP contribution < -0.4 is 9.80 Å². The predicted molar refractivity (Wildman–Crippen MR) is 210 cm³/mol. The quantitative estimate of drug-likeness (QED) is 0.179. The van der Waals surface area contributed by atoms with Crippen LogP contribution in [0.3, 0.4) is 0 Å². The predicted octanol–water partition coefficient (Wildman–Crippen LogP) is 12.5. The molecule has 3 heterocycles. The third kappa shape index (κ3) is 5.12. The van der Waals surface area contributed by atoms with E-state index in [1.54, 1.807) is 0 Å². The normalized spacial score (nSPS) is 12.9. The molecule has 0 aliphatic carbocycles. The van der Waals surface area contributed by atoms with Crippen LogP contribution in [-0.2, 0) is 0 Å². The Balaban J connectivity index is 1.04. The SMILES string of the molecule is c1ccc(-n2c(-c3ccc(N4c5ccccc5Sc5ccccc54)cc3)nnc2-c2ccc(N3c4ccccc4Sc4ccccc43)cc2)cc1. The van der Waals surface area contributed by atoms with Gasteiger partial charge in [-0.25, -0.2) is 0 Å². The van der Waals surface area contributed by atoms with Gasteiger partial charge in [0.15, 0.2) is 11.6 Å². The molecule has 0 N–H and O–H groups in total. The van der Waals surface area contributed by atoms with Gasteiger partial charge >= 0.3 is 0 Å². The van der Waals surface area contributed by atoms with Crippen LogP contribution in [0, 0.1) is 0 Å². The molecule has 7 aromatic carbocycles. The van der Waals surface area contributed by atoms with Gasteiger partial charge in [-0.3, -0.25) is 4.57 Å². The third-order valence-electron chi connectivity index (χ3n) is 9.31. The number of benzene rings is 7. The lowest BCUT2D eigenvalue weighted by atomic mass is 10.1. The minimum Gasteiger partial charge on any atom is -0.308 e. The number of fused-ring (bicyclic) bond motifs is 4. The number of hydrogen-bond donors (Lipinski definition) is 0. The molecule has 0 saturated heterocycles. The number of aromatic nitrogens is 3. The maximum atomic E-state index is 4.81. The summed E-state index contributed by atoms with van der Waals surface area (Å²) in [5.74, 6) is 1.58. The highest BCUT2D eigenvalue weighted by molar-refractivity contribution is 8.00. The van der Waals surface area contributed by atoms with Crippen molar-refractivity contribution >= 4 is 57.6 Å². The molecule has 2 aliphatic rings. The van der Waals surface area contributed by atoms with E-state index in [1.807, 2.05) is 29.6 Å². The van der Waals surface area contributed by atoms with Crippen LogP contribution in [0.1, 0.15) is 0 Å². The van der Waals surface area contributed by atoms with Crippen molar-refractivity contribution < 1.29 is 0 Å². The highest BCUT2D eigenvalue weighted by atomic mass is 32.2. The summed E-state index contributed by atoms with van der Waals surface area (Å²) in [7, 11) is 0. The molecule has 242 valence electrons. The molecule has 51 heavy (non-hydrogen) atoms. The fourth-order valence-electron chi connectivity index (χ4n) is 6.96. The van der Waals surface area contributed by atoms with E-state index in [4.69, 9.17) is 10.2 Å². The van der Waals surface area contributed by atoms with Crippen molar-refractivity contribution in [3.05, 3.63) is 176 Å². The second kappa shape index (κ2) is 12.4. The molecule has 2 aliphatic heterocycles. The molecular weight excluding hydrogens is 663 g/mol. The van der Waals surface area contributed by atoms with E-state index >= 15 is 0 Å². The summed E-state index contributed by atoms with van der Waals surface area (Å²) in [6, 6.07) is 62.1. The molecule has 0 saturated carbocycles. The lowest BCUT2D eigenvalue weighted by Crippen LogP contribution is -2.14. The highest BCUT2D eigenvalue weighted by Gasteiger charge is 2.26. The summed E-state index contributed by atoms with van der Waals surface area (Å²) < 4.78 is 2.16. The third-order valence-corrected chi connectivity index (χ3v) is 11.6. The fraction of sp³-hybridized carbons (Fsp3) is 0. The molecule has 0 fully saturated rings. The lowest BCUT2D eigenvalue weighted by molar-refractivity contribution is 1.07. The summed E-state index contributed by atoms with van der Waals surface area (Å²) in [5, 5.41) is 9.62. The van der Waals surface area contributed by atoms with Gasteiger partial charge in [0.2, 0.25) is 0 Å². The van der Waals surface area contributed by atoms with Gasteiger partial charge in [0.05, 0.1) is 22.7 Å². The van der Waals surface area contributed by atoms with Crippen molar-refractivity contribution in [1.82, 2.24) is 14.8 Å². The van der Waals surface area contributed by atoms with E-state index in [0.29, 0.717) is 0 Å². The maximum Gasteiger partial charge on any atom is 0.168 e. The molecule has 0 atom stereocenters. The largest absolute Gasteiger partial charge is 0.308 e. The Bertz CT molecular complexity index is 2300. The molecular formula is C44H29N5S2. The highest BCUT2D eigenvalue weighted by Crippen LogP contribution is 2.52. The molecule has 8 aromatic rings. The standard InChI is InChI=1S/C44H29N5S2/c1-2-12-32(13-3-1)49-43(30-22-26-33(27-23-30)47-35-14-4-8-18-39(35)50-40-19-9-5-15-36(40)47)45-46-44(49)31-24-28-34(29-25-31)48-37-16-6-10-20-41(37)51-42-21-11-7-17-38(42)48/h1-29H. The van der Waals surface area contributed by atoms with Crippen molar-refractivity contribution in [2.45, 2.75) is 19.6 Å². The smallest absolute Gasteiger partial charge is 0.168 e. The Morgan fingerprint density at radius 2 is 0.647 bits per heavy atom. The van der Waals surface area contributed by atoms with Crippen LogP contribution in [0.2, 0.25) is 0 Å². The van der Waals surface area contributed by atoms with Gasteiger partial charge in [-0.1, -0.05) is 90.3 Å². The van der Waals surface area contributed by atoms with Crippen LogP contribution in [0.4, 0.5) is 34.1 Å². The molecule has 0 spiro atoms. The van der Waals surface area contributed by atoms with Crippen LogP contribution in [0.25, 0.3) is 28.5 Å². The first kappa shape index (κ1) is 29.9.